The fourth-order valence-electron chi connectivity index (χ4n) is 0.639. The highest BCUT2D eigenvalue weighted by molar-refractivity contribution is 5.69. The SMILES string of the molecule is CCN(CC)CC(=O)O.[Br-].[H+]. The molecule has 0 amide bonds. The summed E-state index contributed by atoms with van der Waals surface area (Å²) >= 11 is 0. The molecule has 0 aromatic rings. The molecule has 0 radical (unpaired) electrons. The van der Waals surface area contributed by atoms with Crippen LogP contribution in [0.1, 0.15) is 15.3 Å². The van der Waals surface area contributed by atoms with Gasteiger partial charge in [-0.05, 0) is 13.1 Å². The van der Waals surface area contributed by atoms with Crippen LogP contribution >= 0.6 is 0 Å². The Balaban J connectivity index is -0.000000320. The van der Waals surface area contributed by atoms with Crippen molar-refractivity contribution in [3.63, 3.8) is 0 Å². The average molecular weight is 212 g/mol. The van der Waals surface area contributed by atoms with Crippen LogP contribution in [0.15, 0.2) is 0 Å². The first kappa shape index (κ1) is 12.6. The third kappa shape index (κ3) is 6.04. The van der Waals surface area contributed by atoms with Crippen LogP contribution in [0.2, 0.25) is 0 Å². The van der Waals surface area contributed by atoms with Crippen molar-refractivity contribution in [2.24, 2.45) is 0 Å². The van der Waals surface area contributed by atoms with E-state index in [-0.39, 0.29) is 25.0 Å². The van der Waals surface area contributed by atoms with E-state index in [1.54, 1.807) is 0 Å². The number of halogens is 1. The van der Waals surface area contributed by atoms with E-state index < -0.39 is 5.97 Å². The first-order chi connectivity index (χ1) is 4.20. The van der Waals surface area contributed by atoms with Crippen molar-refractivity contribution >= 4 is 5.97 Å². The van der Waals surface area contributed by atoms with Gasteiger partial charge in [-0.15, -0.1) is 0 Å². The number of rotatable bonds is 4. The maximum Gasteiger partial charge on any atom is 1.00 e. The van der Waals surface area contributed by atoms with Gasteiger partial charge in [-0.3, -0.25) is 9.69 Å². The second kappa shape index (κ2) is 7.02. The summed E-state index contributed by atoms with van der Waals surface area (Å²) in [4.78, 5) is 11.9. The minimum atomic E-state index is -0.751. The molecule has 62 valence electrons. The third-order valence-electron chi connectivity index (χ3n) is 1.25. The molecule has 0 atom stereocenters. The summed E-state index contributed by atoms with van der Waals surface area (Å²) in [5.41, 5.74) is 0. The van der Waals surface area contributed by atoms with E-state index >= 15 is 0 Å². The largest absolute Gasteiger partial charge is 1.00 e. The summed E-state index contributed by atoms with van der Waals surface area (Å²) in [7, 11) is 0. The lowest BCUT2D eigenvalue weighted by atomic mass is 10.5. The fraction of sp³-hybridized carbons (Fsp3) is 0.833. The number of likely N-dealkylation sites (N-methyl/N-ethyl adjacent to an activating group) is 1. The van der Waals surface area contributed by atoms with Crippen LogP contribution < -0.4 is 17.0 Å². The number of hydrogen-bond donors (Lipinski definition) is 1. The van der Waals surface area contributed by atoms with Crippen LogP contribution in [0.4, 0.5) is 0 Å². The van der Waals surface area contributed by atoms with Crippen molar-refractivity contribution in [2.45, 2.75) is 13.8 Å². The molecule has 0 saturated heterocycles. The van der Waals surface area contributed by atoms with Gasteiger partial charge in [0.05, 0.1) is 6.54 Å². The molecule has 0 aliphatic carbocycles. The smallest absolute Gasteiger partial charge is 1.00 e. The van der Waals surface area contributed by atoms with Gasteiger partial charge < -0.3 is 22.1 Å². The van der Waals surface area contributed by atoms with Gasteiger partial charge in [0, 0.05) is 0 Å². The zero-order valence-corrected chi connectivity index (χ0v) is 7.89. The number of hydrogen-bond acceptors (Lipinski definition) is 2. The van der Waals surface area contributed by atoms with Gasteiger partial charge in [0.1, 0.15) is 0 Å². The quantitative estimate of drug-likeness (QED) is 0.561. The Morgan fingerprint density at radius 3 is 2.00 bits per heavy atom. The highest BCUT2D eigenvalue weighted by Crippen LogP contribution is 1.84. The fourth-order valence-corrected chi connectivity index (χ4v) is 0.639. The van der Waals surface area contributed by atoms with Crippen molar-refractivity contribution in [3.8, 4) is 0 Å². The number of nitrogens with zero attached hydrogens (tertiary/aromatic N) is 1. The first-order valence-electron chi connectivity index (χ1n) is 3.14. The predicted molar refractivity (Wildman–Crippen MR) is 36.5 cm³/mol. The third-order valence-corrected chi connectivity index (χ3v) is 1.25. The second-order valence-electron chi connectivity index (χ2n) is 1.86. The van der Waals surface area contributed by atoms with Crippen LogP contribution in [0.25, 0.3) is 0 Å². The molecule has 0 unspecified atom stereocenters. The Morgan fingerprint density at radius 2 is 1.90 bits per heavy atom. The van der Waals surface area contributed by atoms with Gasteiger partial charge in [-0.1, -0.05) is 13.8 Å². The van der Waals surface area contributed by atoms with Crippen molar-refractivity contribution in [2.75, 3.05) is 19.6 Å². The van der Waals surface area contributed by atoms with E-state index in [2.05, 4.69) is 0 Å². The van der Waals surface area contributed by atoms with Crippen LogP contribution in [-0.4, -0.2) is 35.6 Å². The van der Waals surface area contributed by atoms with E-state index in [9.17, 15) is 4.79 Å². The highest BCUT2D eigenvalue weighted by Gasteiger charge is 2.02. The standard InChI is InChI=1S/C6H13NO2.BrH/c1-3-7(4-2)5-6(8)9;/h3-5H2,1-2H3,(H,8,9);1H. The molecule has 0 bridgehead atoms. The van der Waals surface area contributed by atoms with Gasteiger partial charge in [-0.2, -0.15) is 0 Å². The lowest BCUT2D eigenvalue weighted by molar-refractivity contribution is -0.138. The molecule has 0 aromatic carbocycles. The summed E-state index contributed by atoms with van der Waals surface area (Å²) in [6.45, 7) is 5.68. The molecule has 1 N–H and O–H groups in total. The van der Waals surface area contributed by atoms with E-state index in [0.29, 0.717) is 0 Å². The minimum absolute atomic E-state index is 0. The molecule has 0 fully saturated rings. The monoisotopic (exact) mass is 211 g/mol. The lowest BCUT2D eigenvalue weighted by Gasteiger charge is -2.13. The molecule has 0 aliphatic rings. The van der Waals surface area contributed by atoms with Gasteiger partial charge in [-0.25, -0.2) is 0 Å². The summed E-state index contributed by atoms with van der Waals surface area (Å²) in [5.74, 6) is -0.751. The van der Waals surface area contributed by atoms with Crippen LogP contribution in [-0.2, 0) is 4.79 Å². The number of carboxylic acid groups (broad SMARTS) is 1. The number of aliphatic carboxylic acids is 1. The molecular weight excluding hydrogens is 198 g/mol. The molecule has 0 spiro atoms. The summed E-state index contributed by atoms with van der Waals surface area (Å²) in [6, 6.07) is 0. The summed E-state index contributed by atoms with van der Waals surface area (Å²) < 4.78 is 0. The molecule has 4 heteroatoms. The van der Waals surface area contributed by atoms with Gasteiger partial charge in [0.25, 0.3) is 0 Å². The van der Waals surface area contributed by atoms with Crippen molar-refractivity contribution < 1.29 is 28.3 Å². The molecular formula is C6H14BrNO2. The second-order valence-corrected chi connectivity index (χ2v) is 1.86. The van der Waals surface area contributed by atoms with E-state index in [0.717, 1.165) is 13.1 Å². The van der Waals surface area contributed by atoms with Crippen molar-refractivity contribution in [1.29, 1.82) is 0 Å². The summed E-state index contributed by atoms with van der Waals surface area (Å²) in [5, 5.41) is 8.30. The van der Waals surface area contributed by atoms with E-state index in [4.69, 9.17) is 5.11 Å². The Bertz CT molecular complexity index is 98.6. The van der Waals surface area contributed by atoms with E-state index in [1.165, 1.54) is 0 Å². The molecule has 0 saturated carbocycles. The van der Waals surface area contributed by atoms with Gasteiger partial charge >= 0.3 is 7.40 Å². The Kier molecular flexibility index (Phi) is 8.83. The maximum absolute atomic E-state index is 10.1. The Labute approximate surface area is 73.3 Å². The number of carbonyl (C=O) groups is 1. The number of carboxylic acids is 1. The average Bonchev–Trinajstić information content (AvgIpc) is 1.82. The van der Waals surface area contributed by atoms with Crippen LogP contribution in [0, 0.1) is 0 Å². The predicted octanol–water partition coefficient (Wildman–Crippen LogP) is -2.47. The molecule has 0 rings (SSSR count). The Hall–Kier alpha value is -0.0900. The minimum Gasteiger partial charge on any atom is -1.00 e. The van der Waals surface area contributed by atoms with Gasteiger partial charge in [0.15, 0.2) is 0 Å². The maximum atomic E-state index is 10.1. The van der Waals surface area contributed by atoms with Crippen LogP contribution in [0.3, 0.4) is 0 Å². The van der Waals surface area contributed by atoms with Crippen molar-refractivity contribution in [1.82, 2.24) is 4.90 Å². The van der Waals surface area contributed by atoms with Gasteiger partial charge in [0.2, 0.25) is 0 Å². The van der Waals surface area contributed by atoms with Crippen molar-refractivity contribution in [3.05, 3.63) is 0 Å². The molecule has 0 aromatic heterocycles. The van der Waals surface area contributed by atoms with Crippen LogP contribution in [0.5, 0.6) is 0 Å². The first-order valence-corrected chi connectivity index (χ1v) is 3.14. The summed E-state index contributed by atoms with van der Waals surface area (Å²) in [6.07, 6.45) is 0. The normalized spacial score (nSPS) is 9.10. The molecule has 0 heterocycles. The lowest BCUT2D eigenvalue weighted by Crippen LogP contribution is -3.00. The highest BCUT2D eigenvalue weighted by atomic mass is 79.9. The van der Waals surface area contributed by atoms with E-state index in [1.807, 2.05) is 18.7 Å². The zero-order chi connectivity index (χ0) is 7.28. The molecule has 10 heavy (non-hydrogen) atoms. The molecule has 3 nitrogen and oxygen atoms in total. The Morgan fingerprint density at radius 1 is 1.50 bits per heavy atom. The molecule has 0 aliphatic heterocycles. The zero-order valence-electron chi connectivity index (χ0n) is 7.30. The topological polar surface area (TPSA) is 40.5 Å².